The zero-order chi connectivity index (χ0) is 25.8. The van der Waals surface area contributed by atoms with Crippen molar-refractivity contribution in [1.29, 1.82) is 0 Å². The van der Waals surface area contributed by atoms with Crippen molar-refractivity contribution in [3.05, 3.63) is 107 Å². The van der Waals surface area contributed by atoms with Crippen LogP contribution in [0.25, 0.3) is 0 Å². The summed E-state index contributed by atoms with van der Waals surface area (Å²) in [5, 5.41) is 8.06. The second-order valence-electron chi connectivity index (χ2n) is 8.34. The van der Waals surface area contributed by atoms with Crippen LogP contribution >= 0.6 is 35.6 Å². The van der Waals surface area contributed by atoms with Gasteiger partial charge in [0.05, 0.1) is 11.7 Å². The van der Waals surface area contributed by atoms with Gasteiger partial charge in [-0.25, -0.2) is 4.39 Å². The highest BCUT2D eigenvalue weighted by Gasteiger charge is 2.41. The second-order valence-corrected chi connectivity index (χ2v) is 10.2. The van der Waals surface area contributed by atoms with E-state index in [1.54, 1.807) is 6.20 Å². The molecule has 2 atom stereocenters. The number of benzene rings is 2. The minimum absolute atomic E-state index is 0.178. The largest absolute Gasteiger partial charge is 0.452 e. The molecule has 1 fully saturated rings. The number of nitrogens with zero attached hydrogens (tertiary/aromatic N) is 2. The van der Waals surface area contributed by atoms with E-state index in [2.05, 4.69) is 15.6 Å². The van der Waals surface area contributed by atoms with Gasteiger partial charge in [-0.1, -0.05) is 29.4 Å². The predicted molar refractivity (Wildman–Crippen MR) is 146 cm³/mol. The molecule has 37 heavy (non-hydrogen) atoms. The van der Waals surface area contributed by atoms with Crippen LogP contribution in [0.4, 0.5) is 10.1 Å². The van der Waals surface area contributed by atoms with Gasteiger partial charge in [-0.05, 0) is 85.0 Å². The number of carbonyl (C=O) groups is 1. The molecule has 6 nitrogen and oxygen atoms in total. The molecule has 0 spiro atoms. The van der Waals surface area contributed by atoms with Crippen LogP contribution in [0.15, 0.2) is 99.5 Å². The van der Waals surface area contributed by atoms with Gasteiger partial charge in [0.15, 0.2) is 10.2 Å². The minimum Gasteiger partial charge on any atom is -0.452 e. The molecule has 0 aliphatic carbocycles. The van der Waals surface area contributed by atoms with Crippen molar-refractivity contribution in [3.63, 3.8) is 0 Å². The van der Waals surface area contributed by atoms with Crippen LogP contribution in [0, 0.1) is 5.82 Å². The van der Waals surface area contributed by atoms with Crippen LogP contribution in [0.5, 0.6) is 0 Å². The zero-order valence-electron chi connectivity index (χ0n) is 19.4. The minimum atomic E-state index is -0.359. The van der Waals surface area contributed by atoms with Gasteiger partial charge in [-0.3, -0.25) is 9.78 Å². The first-order valence-electron chi connectivity index (χ1n) is 11.5. The molecule has 2 aromatic heterocycles. The molecular formula is C27H22ClFN4O2S2. The van der Waals surface area contributed by atoms with Gasteiger partial charge in [0, 0.05) is 34.8 Å². The van der Waals surface area contributed by atoms with Gasteiger partial charge in [-0.2, -0.15) is 0 Å². The summed E-state index contributed by atoms with van der Waals surface area (Å²) in [5.74, 6) is 0.146. The number of halogens is 2. The molecule has 2 unspecified atom stereocenters. The van der Waals surface area contributed by atoms with E-state index in [4.69, 9.17) is 28.2 Å². The Morgan fingerprint density at radius 3 is 2.62 bits per heavy atom. The molecule has 4 aromatic rings. The normalized spacial score (nSPS) is 17.0. The van der Waals surface area contributed by atoms with Crippen LogP contribution in [-0.4, -0.2) is 27.4 Å². The fourth-order valence-corrected chi connectivity index (χ4v) is 5.34. The third kappa shape index (κ3) is 6.12. The topological polar surface area (TPSA) is 70.4 Å². The van der Waals surface area contributed by atoms with Gasteiger partial charge in [-0.15, -0.1) is 0 Å². The highest BCUT2D eigenvalue weighted by molar-refractivity contribution is 7.99. The van der Waals surface area contributed by atoms with Crippen molar-refractivity contribution in [1.82, 2.24) is 15.2 Å². The number of pyridine rings is 1. The number of hydrogen-bond donors (Lipinski definition) is 2. The van der Waals surface area contributed by atoms with Gasteiger partial charge in [0.25, 0.3) is 0 Å². The number of nitrogens with one attached hydrogen (secondary N) is 2. The number of anilines is 1. The average Bonchev–Trinajstić information content (AvgIpc) is 3.49. The molecule has 1 amide bonds. The first-order chi connectivity index (χ1) is 18.0. The molecule has 5 rings (SSSR count). The second kappa shape index (κ2) is 11.3. The molecule has 0 bridgehead atoms. The Morgan fingerprint density at radius 2 is 1.89 bits per heavy atom. The molecule has 188 valence electrons. The van der Waals surface area contributed by atoms with Crippen LogP contribution < -0.4 is 10.6 Å². The maximum atomic E-state index is 13.2. The van der Waals surface area contributed by atoms with Crippen molar-refractivity contribution in [2.75, 3.05) is 11.9 Å². The van der Waals surface area contributed by atoms with E-state index in [-0.39, 0.29) is 30.2 Å². The van der Waals surface area contributed by atoms with E-state index in [1.807, 2.05) is 59.5 Å². The lowest BCUT2D eigenvalue weighted by atomic mass is 10.0. The number of carbonyl (C=O) groups excluding carboxylic acids is 1. The van der Waals surface area contributed by atoms with Crippen molar-refractivity contribution in [2.24, 2.45) is 0 Å². The molecule has 10 heteroatoms. The van der Waals surface area contributed by atoms with Crippen LogP contribution in [0.2, 0.25) is 5.02 Å². The smallest absolute Gasteiger partial charge is 0.226 e. The van der Waals surface area contributed by atoms with Gasteiger partial charge < -0.3 is 20.0 Å². The first kappa shape index (κ1) is 25.3. The Morgan fingerprint density at radius 1 is 1.11 bits per heavy atom. The highest BCUT2D eigenvalue weighted by Crippen LogP contribution is 2.41. The third-order valence-corrected chi connectivity index (χ3v) is 7.36. The predicted octanol–water partition coefficient (Wildman–Crippen LogP) is 6.62. The number of amides is 1. The van der Waals surface area contributed by atoms with E-state index < -0.39 is 0 Å². The summed E-state index contributed by atoms with van der Waals surface area (Å²) >= 11 is 13.2. The highest BCUT2D eigenvalue weighted by atomic mass is 35.5. The molecule has 1 saturated heterocycles. The summed E-state index contributed by atoms with van der Waals surface area (Å²) in [6, 6.07) is 22.2. The lowest BCUT2D eigenvalue weighted by Gasteiger charge is -2.25. The van der Waals surface area contributed by atoms with Gasteiger partial charge in [0.1, 0.15) is 17.6 Å². The third-order valence-electron chi connectivity index (χ3n) is 5.83. The number of hydrogen-bond acceptors (Lipinski definition) is 5. The van der Waals surface area contributed by atoms with Crippen molar-refractivity contribution < 1.29 is 13.6 Å². The lowest BCUT2D eigenvalue weighted by molar-refractivity contribution is -0.116. The summed E-state index contributed by atoms with van der Waals surface area (Å²) in [5.41, 5.74) is 1.35. The van der Waals surface area contributed by atoms with E-state index in [9.17, 15) is 9.18 Å². The molecule has 1 aliphatic rings. The summed E-state index contributed by atoms with van der Waals surface area (Å²) in [6.07, 6.45) is 1.91. The molecule has 1 aliphatic heterocycles. The molecular weight excluding hydrogens is 531 g/mol. The SMILES string of the molecule is O=C(CCN1C(=S)NC(c2ccccn2)C1c1ccc(Sc2ccc(Cl)cc2)o1)Nc1ccc(F)cc1. The Balaban J connectivity index is 1.35. The summed E-state index contributed by atoms with van der Waals surface area (Å²) in [7, 11) is 0. The number of furan rings is 1. The van der Waals surface area contributed by atoms with E-state index >= 15 is 0 Å². The van der Waals surface area contributed by atoms with Crippen molar-refractivity contribution in [3.8, 4) is 0 Å². The summed E-state index contributed by atoms with van der Waals surface area (Å²) < 4.78 is 19.4. The maximum Gasteiger partial charge on any atom is 0.226 e. The zero-order valence-corrected chi connectivity index (χ0v) is 21.8. The molecule has 0 saturated carbocycles. The summed E-state index contributed by atoms with van der Waals surface area (Å²) in [4.78, 5) is 20.1. The van der Waals surface area contributed by atoms with Crippen LogP contribution in [0.3, 0.4) is 0 Å². The molecule has 0 radical (unpaired) electrons. The Bertz CT molecular complexity index is 1380. The molecule has 3 heterocycles. The maximum absolute atomic E-state index is 13.2. The molecule has 2 N–H and O–H groups in total. The fraction of sp³-hybridized carbons (Fsp3) is 0.148. The number of rotatable bonds is 8. The van der Waals surface area contributed by atoms with Crippen LogP contribution in [-0.2, 0) is 4.79 Å². The van der Waals surface area contributed by atoms with E-state index in [0.29, 0.717) is 28.1 Å². The van der Waals surface area contributed by atoms with E-state index in [0.717, 1.165) is 15.7 Å². The average molecular weight is 553 g/mol. The van der Waals surface area contributed by atoms with Crippen molar-refractivity contribution >= 4 is 52.3 Å². The molecule has 2 aromatic carbocycles. The number of aromatic nitrogens is 1. The van der Waals surface area contributed by atoms with Gasteiger partial charge in [0.2, 0.25) is 5.91 Å². The van der Waals surface area contributed by atoms with Crippen molar-refractivity contribution in [2.45, 2.75) is 28.5 Å². The van der Waals surface area contributed by atoms with E-state index in [1.165, 1.54) is 36.0 Å². The Hall–Kier alpha value is -3.40. The Labute approximate surface area is 228 Å². The fourth-order valence-electron chi connectivity index (χ4n) is 4.10. The van der Waals surface area contributed by atoms with Crippen LogP contribution in [0.1, 0.15) is 30.0 Å². The Kier molecular flexibility index (Phi) is 7.73. The lowest BCUT2D eigenvalue weighted by Crippen LogP contribution is -2.32. The quantitative estimate of drug-likeness (QED) is 0.238. The standard InChI is InChI=1S/C27H22ClFN4O2S2/c28-17-4-10-20(11-5-17)37-24-13-12-22(35-24)26-25(21-3-1-2-15-30-21)32-27(36)33(26)16-14-23(34)31-19-8-6-18(29)7-9-19/h1-13,15,25-26H,14,16H2,(H,31,34)(H,32,36). The monoisotopic (exact) mass is 552 g/mol. The van der Waals surface area contributed by atoms with Gasteiger partial charge >= 0.3 is 0 Å². The summed E-state index contributed by atoms with van der Waals surface area (Å²) in [6.45, 7) is 0.354. The number of thiocarbonyl (C=S) groups is 1. The first-order valence-corrected chi connectivity index (χ1v) is 13.1.